The standard InChI is InChI=1S/C58H40N2/c1-4-18-41(19-5-1)44-23-16-24-45(38-44)42-34-36-49(37-35-42)59(54-32-14-12-29-51(54)43-20-6-2-7-21-43)50-28-17-25-47(39-50)57-52-30-11-10-22-46(52)40-56-58(57)53-31-13-15-33-55(53)60(56)48-26-8-3-9-27-48/h1-40H. The van der Waals surface area contributed by atoms with Crippen molar-refractivity contribution in [3.05, 3.63) is 243 Å². The molecule has 0 N–H and O–H groups in total. The van der Waals surface area contributed by atoms with Gasteiger partial charge in [0.1, 0.15) is 0 Å². The highest BCUT2D eigenvalue weighted by Crippen LogP contribution is 2.46. The molecule has 0 unspecified atom stereocenters. The Labute approximate surface area is 350 Å². The number of nitrogens with zero attached hydrogens (tertiary/aromatic N) is 2. The zero-order chi connectivity index (χ0) is 39.8. The van der Waals surface area contributed by atoms with E-state index >= 15 is 0 Å². The van der Waals surface area contributed by atoms with Crippen molar-refractivity contribution >= 4 is 49.6 Å². The molecule has 0 aliphatic heterocycles. The lowest BCUT2D eigenvalue weighted by atomic mass is 9.92. The molecule has 0 bridgehead atoms. The third kappa shape index (κ3) is 6.23. The zero-order valence-corrected chi connectivity index (χ0v) is 33.0. The normalized spacial score (nSPS) is 11.3. The highest BCUT2D eigenvalue weighted by Gasteiger charge is 2.22. The minimum atomic E-state index is 1.09. The van der Waals surface area contributed by atoms with Gasteiger partial charge in [0.05, 0.1) is 16.7 Å². The summed E-state index contributed by atoms with van der Waals surface area (Å²) in [6, 6.07) is 87.9. The molecule has 0 fully saturated rings. The first-order valence-corrected chi connectivity index (χ1v) is 20.6. The van der Waals surface area contributed by atoms with Gasteiger partial charge >= 0.3 is 0 Å². The fourth-order valence-corrected chi connectivity index (χ4v) is 9.02. The second-order valence-corrected chi connectivity index (χ2v) is 15.3. The van der Waals surface area contributed by atoms with Gasteiger partial charge in [-0.25, -0.2) is 0 Å². The van der Waals surface area contributed by atoms with Gasteiger partial charge in [-0.3, -0.25) is 0 Å². The second-order valence-electron chi connectivity index (χ2n) is 15.3. The molecule has 282 valence electrons. The molecule has 0 saturated carbocycles. The first-order valence-electron chi connectivity index (χ1n) is 20.6. The number of para-hydroxylation sites is 3. The van der Waals surface area contributed by atoms with Crippen molar-refractivity contribution in [2.24, 2.45) is 0 Å². The van der Waals surface area contributed by atoms with Crippen LogP contribution in [0.1, 0.15) is 0 Å². The van der Waals surface area contributed by atoms with Gasteiger partial charge in [0.2, 0.25) is 0 Å². The van der Waals surface area contributed by atoms with Gasteiger partial charge in [0.15, 0.2) is 0 Å². The molecule has 1 heterocycles. The molecular formula is C58H40N2. The van der Waals surface area contributed by atoms with Crippen molar-refractivity contribution in [1.82, 2.24) is 4.57 Å². The molecule has 0 amide bonds. The molecule has 0 radical (unpaired) electrons. The molecule has 0 atom stereocenters. The second kappa shape index (κ2) is 15.1. The molecule has 0 spiro atoms. The molecule has 2 nitrogen and oxygen atoms in total. The highest BCUT2D eigenvalue weighted by molar-refractivity contribution is 6.23. The van der Waals surface area contributed by atoms with Gasteiger partial charge in [-0.15, -0.1) is 0 Å². The molecule has 2 heteroatoms. The number of anilines is 3. The minimum Gasteiger partial charge on any atom is -0.310 e. The summed E-state index contributed by atoms with van der Waals surface area (Å²) in [4.78, 5) is 2.42. The summed E-state index contributed by atoms with van der Waals surface area (Å²) in [6.07, 6.45) is 0. The van der Waals surface area contributed by atoms with Crippen molar-refractivity contribution in [3.63, 3.8) is 0 Å². The Morgan fingerprint density at radius 3 is 1.65 bits per heavy atom. The molecule has 0 aliphatic rings. The number of hydrogen-bond donors (Lipinski definition) is 0. The van der Waals surface area contributed by atoms with Gasteiger partial charge in [0.25, 0.3) is 0 Å². The summed E-state index contributed by atoms with van der Waals surface area (Å²) in [5, 5.41) is 4.93. The lowest BCUT2D eigenvalue weighted by Crippen LogP contribution is -2.11. The van der Waals surface area contributed by atoms with Crippen molar-refractivity contribution in [2.45, 2.75) is 0 Å². The summed E-state index contributed by atoms with van der Waals surface area (Å²) in [6.45, 7) is 0. The van der Waals surface area contributed by atoms with E-state index in [-0.39, 0.29) is 0 Å². The van der Waals surface area contributed by atoms with Crippen molar-refractivity contribution in [2.75, 3.05) is 4.90 Å². The van der Waals surface area contributed by atoms with E-state index in [0.717, 1.165) is 22.7 Å². The molecule has 0 saturated heterocycles. The van der Waals surface area contributed by atoms with Gasteiger partial charge < -0.3 is 9.47 Å². The van der Waals surface area contributed by atoms with E-state index in [2.05, 4.69) is 252 Å². The number of aromatic nitrogens is 1. The van der Waals surface area contributed by atoms with E-state index in [1.54, 1.807) is 0 Å². The largest absolute Gasteiger partial charge is 0.310 e. The van der Waals surface area contributed by atoms with E-state index in [0.29, 0.717) is 0 Å². The number of rotatable bonds is 8. The Balaban J connectivity index is 1.12. The zero-order valence-electron chi connectivity index (χ0n) is 33.0. The maximum absolute atomic E-state index is 2.42. The molecule has 11 aromatic rings. The quantitative estimate of drug-likeness (QED) is 0.150. The first kappa shape index (κ1) is 35.2. The van der Waals surface area contributed by atoms with Gasteiger partial charge in [0, 0.05) is 33.4 Å². The van der Waals surface area contributed by atoms with E-state index in [1.807, 2.05) is 0 Å². The van der Waals surface area contributed by atoms with Crippen LogP contribution in [0.4, 0.5) is 17.1 Å². The number of hydrogen-bond acceptors (Lipinski definition) is 1. The van der Waals surface area contributed by atoms with Crippen LogP contribution in [0, 0.1) is 0 Å². The van der Waals surface area contributed by atoms with Crippen LogP contribution in [0.5, 0.6) is 0 Å². The van der Waals surface area contributed by atoms with E-state index in [1.165, 1.54) is 77.1 Å². The van der Waals surface area contributed by atoms with Crippen molar-refractivity contribution < 1.29 is 0 Å². The Morgan fingerprint density at radius 1 is 0.317 bits per heavy atom. The predicted molar refractivity (Wildman–Crippen MR) is 255 cm³/mol. The van der Waals surface area contributed by atoms with E-state index in [4.69, 9.17) is 0 Å². The number of fused-ring (bicyclic) bond motifs is 4. The molecule has 10 aromatic carbocycles. The fraction of sp³-hybridized carbons (Fsp3) is 0. The summed E-state index contributed by atoms with van der Waals surface area (Å²) in [5.41, 5.74) is 16.4. The topological polar surface area (TPSA) is 8.17 Å². The molecule has 0 aliphatic carbocycles. The van der Waals surface area contributed by atoms with Crippen LogP contribution >= 0.6 is 0 Å². The predicted octanol–water partition coefficient (Wildman–Crippen LogP) is 16.1. The fourth-order valence-electron chi connectivity index (χ4n) is 9.02. The maximum Gasteiger partial charge on any atom is 0.0553 e. The van der Waals surface area contributed by atoms with Crippen LogP contribution in [-0.2, 0) is 0 Å². The summed E-state index contributed by atoms with van der Waals surface area (Å²) in [5.74, 6) is 0. The van der Waals surface area contributed by atoms with Crippen LogP contribution in [0.15, 0.2) is 243 Å². The smallest absolute Gasteiger partial charge is 0.0553 e. The average Bonchev–Trinajstić information content (AvgIpc) is 3.66. The molecule has 1 aromatic heterocycles. The van der Waals surface area contributed by atoms with Gasteiger partial charge in [-0.1, -0.05) is 182 Å². The minimum absolute atomic E-state index is 1.09. The Kier molecular flexibility index (Phi) is 8.87. The van der Waals surface area contributed by atoms with Crippen LogP contribution in [0.2, 0.25) is 0 Å². The van der Waals surface area contributed by atoms with Crippen molar-refractivity contribution in [1.29, 1.82) is 0 Å². The van der Waals surface area contributed by atoms with Gasteiger partial charge in [-0.2, -0.15) is 0 Å². The molecular weight excluding hydrogens is 725 g/mol. The summed E-state index contributed by atoms with van der Waals surface area (Å²) >= 11 is 0. The van der Waals surface area contributed by atoms with Crippen molar-refractivity contribution in [3.8, 4) is 50.2 Å². The van der Waals surface area contributed by atoms with Crippen LogP contribution in [0.3, 0.4) is 0 Å². The van der Waals surface area contributed by atoms with E-state index in [9.17, 15) is 0 Å². The lowest BCUT2D eigenvalue weighted by Gasteiger charge is -2.28. The highest BCUT2D eigenvalue weighted by atomic mass is 15.1. The maximum atomic E-state index is 2.42. The molecule has 60 heavy (non-hydrogen) atoms. The van der Waals surface area contributed by atoms with Crippen LogP contribution in [-0.4, -0.2) is 4.57 Å². The van der Waals surface area contributed by atoms with E-state index < -0.39 is 0 Å². The third-order valence-electron chi connectivity index (χ3n) is 11.7. The third-order valence-corrected chi connectivity index (χ3v) is 11.7. The Morgan fingerprint density at radius 2 is 0.883 bits per heavy atom. The first-order chi connectivity index (χ1) is 29.8. The monoisotopic (exact) mass is 764 g/mol. The SMILES string of the molecule is c1ccc(-c2cccc(-c3ccc(N(c4cccc(-c5c6ccccc6cc6c5c5ccccc5n6-c5ccccc5)c4)c4ccccc4-c4ccccc4)cc3)c2)cc1. The lowest BCUT2D eigenvalue weighted by molar-refractivity contribution is 1.18. The molecule has 11 rings (SSSR count). The summed E-state index contributed by atoms with van der Waals surface area (Å²) < 4.78 is 2.42. The summed E-state index contributed by atoms with van der Waals surface area (Å²) in [7, 11) is 0. The Bertz CT molecular complexity index is 3290. The van der Waals surface area contributed by atoms with Crippen LogP contribution in [0.25, 0.3) is 82.8 Å². The van der Waals surface area contributed by atoms with Gasteiger partial charge in [-0.05, 0) is 110 Å². The average molecular weight is 765 g/mol. The van der Waals surface area contributed by atoms with Crippen LogP contribution < -0.4 is 4.90 Å². The number of benzene rings is 10. The Hall–Kier alpha value is -7.94.